The number of halogens is 1. The van der Waals surface area contributed by atoms with Gasteiger partial charge >= 0.3 is 5.97 Å². The normalized spacial score (nSPS) is 12.8. The lowest BCUT2D eigenvalue weighted by Gasteiger charge is -2.21. The van der Waals surface area contributed by atoms with Gasteiger partial charge in [0.1, 0.15) is 5.54 Å². The van der Waals surface area contributed by atoms with Gasteiger partial charge in [0.2, 0.25) is 5.91 Å². The van der Waals surface area contributed by atoms with Crippen molar-refractivity contribution in [2.45, 2.75) is 32.4 Å². The summed E-state index contributed by atoms with van der Waals surface area (Å²) in [5.41, 5.74) is -0.142. The predicted molar refractivity (Wildman–Crippen MR) is 80.4 cm³/mol. The molecule has 1 atom stereocenters. The van der Waals surface area contributed by atoms with Crippen molar-refractivity contribution in [3.05, 3.63) is 34.3 Å². The van der Waals surface area contributed by atoms with Crippen LogP contribution < -0.4 is 10.6 Å². The molecular weight excluding hydrogens is 324 g/mol. The van der Waals surface area contributed by atoms with E-state index >= 15 is 0 Å². The van der Waals surface area contributed by atoms with Crippen LogP contribution in [-0.2, 0) is 9.59 Å². The van der Waals surface area contributed by atoms with E-state index in [0.717, 1.165) is 10.0 Å². The number of benzene rings is 1. The minimum absolute atomic E-state index is 0.0415. The van der Waals surface area contributed by atoms with Gasteiger partial charge in [0.25, 0.3) is 0 Å². The Hall–Kier alpha value is -1.40. The maximum atomic E-state index is 11.8. The van der Waals surface area contributed by atoms with E-state index in [1.807, 2.05) is 31.2 Å². The summed E-state index contributed by atoms with van der Waals surface area (Å²) in [6.45, 7) is 4.87. The Bertz CT molecular complexity index is 486. The summed E-state index contributed by atoms with van der Waals surface area (Å²) < 4.78 is 0.977. The minimum atomic E-state index is -1.13. The Morgan fingerprint density at radius 1 is 1.30 bits per heavy atom. The number of hydrogen-bond donors (Lipinski definition) is 3. The molecule has 1 unspecified atom stereocenters. The first kappa shape index (κ1) is 16.7. The third-order valence-corrected chi connectivity index (χ3v) is 3.50. The molecule has 0 heterocycles. The molecule has 0 spiro atoms. The highest BCUT2D eigenvalue weighted by atomic mass is 79.9. The first-order valence-corrected chi connectivity index (χ1v) is 7.05. The van der Waals surface area contributed by atoms with Gasteiger partial charge in [-0.1, -0.05) is 28.1 Å². The molecule has 110 valence electrons. The molecule has 20 heavy (non-hydrogen) atoms. The van der Waals surface area contributed by atoms with Gasteiger partial charge in [-0.15, -0.1) is 0 Å². The van der Waals surface area contributed by atoms with Crippen molar-refractivity contribution in [1.29, 1.82) is 0 Å². The molecule has 0 aliphatic carbocycles. The topological polar surface area (TPSA) is 78.4 Å². The fraction of sp³-hybridized carbons (Fsp3) is 0.429. The van der Waals surface area contributed by atoms with E-state index in [4.69, 9.17) is 5.11 Å². The van der Waals surface area contributed by atoms with E-state index in [-0.39, 0.29) is 18.5 Å². The van der Waals surface area contributed by atoms with Crippen LogP contribution in [0.15, 0.2) is 28.7 Å². The smallest absolute Gasteiger partial charge is 0.323 e. The molecule has 0 fully saturated rings. The monoisotopic (exact) mass is 342 g/mol. The lowest BCUT2D eigenvalue weighted by Crippen LogP contribution is -2.50. The molecule has 0 saturated carbocycles. The van der Waals surface area contributed by atoms with Crippen molar-refractivity contribution >= 4 is 27.8 Å². The molecular formula is C14H19BrN2O3. The summed E-state index contributed by atoms with van der Waals surface area (Å²) in [5.74, 6) is -1.24. The van der Waals surface area contributed by atoms with Crippen molar-refractivity contribution < 1.29 is 14.7 Å². The zero-order valence-corrected chi connectivity index (χ0v) is 13.3. The SMILES string of the molecule is CC(NC(=O)CNC(C)(C)C(=O)O)c1ccc(Br)cc1. The summed E-state index contributed by atoms with van der Waals surface area (Å²) in [6.07, 6.45) is 0. The summed E-state index contributed by atoms with van der Waals surface area (Å²) in [6, 6.07) is 7.52. The highest BCUT2D eigenvalue weighted by molar-refractivity contribution is 9.10. The van der Waals surface area contributed by atoms with E-state index in [2.05, 4.69) is 26.6 Å². The first-order chi connectivity index (χ1) is 9.22. The molecule has 1 aromatic carbocycles. The number of carboxylic acids is 1. The number of carboxylic acid groups (broad SMARTS) is 1. The van der Waals surface area contributed by atoms with Crippen molar-refractivity contribution in [1.82, 2.24) is 10.6 Å². The fourth-order valence-electron chi connectivity index (χ4n) is 1.50. The summed E-state index contributed by atoms with van der Waals surface area (Å²) in [4.78, 5) is 22.7. The summed E-state index contributed by atoms with van der Waals surface area (Å²) in [7, 11) is 0. The van der Waals surface area contributed by atoms with E-state index in [1.54, 1.807) is 0 Å². The van der Waals surface area contributed by atoms with Crippen molar-refractivity contribution in [2.24, 2.45) is 0 Å². The molecule has 1 aromatic rings. The fourth-order valence-corrected chi connectivity index (χ4v) is 1.77. The Labute approximate surface area is 126 Å². The van der Waals surface area contributed by atoms with Gasteiger partial charge in [-0.2, -0.15) is 0 Å². The van der Waals surface area contributed by atoms with Gasteiger partial charge in [-0.05, 0) is 38.5 Å². The van der Waals surface area contributed by atoms with E-state index in [1.165, 1.54) is 13.8 Å². The van der Waals surface area contributed by atoms with Crippen LogP contribution in [0.2, 0.25) is 0 Å². The molecule has 0 bridgehead atoms. The highest BCUT2D eigenvalue weighted by Gasteiger charge is 2.27. The lowest BCUT2D eigenvalue weighted by molar-refractivity contribution is -0.143. The van der Waals surface area contributed by atoms with Crippen LogP contribution in [0.5, 0.6) is 0 Å². The first-order valence-electron chi connectivity index (χ1n) is 6.25. The largest absolute Gasteiger partial charge is 0.480 e. The Morgan fingerprint density at radius 2 is 1.85 bits per heavy atom. The molecule has 0 aliphatic heterocycles. The second-order valence-corrected chi connectivity index (χ2v) is 6.04. The number of hydrogen-bond acceptors (Lipinski definition) is 3. The van der Waals surface area contributed by atoms with Crippen LogP contribution in [0.4, 0.5) is 0 Å². The lowest BCUT2D eigenvalue weighted by atomic mass is 10.1. The third kappa shape index (κ3) is 4.94. The Morgan fingerprint density at radius 3 is 2.35 bits per heavy atom. The highest BCUT2D eigenvalue weighted by Crippen LogP contribution is 2.16. The quantitative estimate of drug-likeness (QED) is 0.739. The number of amides is 1. The average molecular weight is 343 g/mol. The van der Waals surface area contributed by atoms with E-state index in [0.29, 0.717) is 0 Å². The molecule has 5 nitrogen and oxygen atoms in total. The van der Waals surface area contributed by atoms with Crippen molar-refractivity contribution in [2.75, 3.05) is 6.54 Å². The van der Waals surface area contributed by atoms with Crippen molar-refractivity contribution in [3.63, 3.8) is 0 Å². The van der Waals surface area contributed by atoms with Gasteiger partial charge in [-0.3, -0.25) is 14.9 Å². The summed E-state index contributed by atoms with van der Waals surface area (Å²) >= 11 is 3.35. The van der Waals surface area contributed by atoms with E-state index < -0.39 is 11.5 Å². The number of nitrogens with one attached hydrogen (secondary N) is 2. The van der Waals surface area contributed by atoms with Crippen molar-refractivity contribution in [3.8, 4) is 0 Å². The number of aliphatic carboxylic acids is 1. The van der Waals surface area contributed by atoms with Crippen LogP contribution in [0, 0.1) is 0 Å². The molecule has 0 saturated heterocycles. The molecule has 0 aliphatic rings. The van der Waals surface area contributed by atoms with Gasteiger partial charge in [0.05, 0.1) is 12.6 Å². The molecule has 0 aromatic heterocycles. The zero-order valence-electron chi connectivity index (χ0n) is 11.7. The van der Waals surface area contributed by atoms with E-state index in [9.17, 15) is 9.59 Å². The van der Waals surface area contributed by atoms with Crippen LogP contribution in [-0.4, -0.2) is 29.1 Å². The van der Waals surface area contributed by atoms with Gasteiger partial charge in [-0.25, -0.2) is 0 Å². The van der Waals surface area contributed by atoms with Crippen LogP contribution in [0.25, 0.3) is 0 Å². The average Bonchev–Trinajstić information content (AvgIpc) is 2.37. The Kier molecular flexibility index (Phi) is 5.71. The number of rotatable bonds is 6. The second kappa shape index (κ2) is 6.85. The minimum Gasteiger partial charge on any atom is -0.480 e. The molecule has 0 radical (unpaired) electrons. The second-order valence-electron chi connectivity index (χ2n) is 5.12. The van der Waals surface area contributed by atoms with Gasteiger partial charge in [0, 0.05) is 4.47 Å². The number of carbonyl (C=O) groups is 2. The third-order valence-electron chi connectivity index (χ3n) is 2.97. The Balaban J connectivity index is 2.50. The molecule has 6 heteroatoms. The predicted octanol–water partition coefficient (Wildman–Crippen LogP) is 2.08. The van der Waals surface area contributed by atoms with Gasteiger partial charge in [0.15, 0.2) is 0 Å². The van der Waals surface area contributed by atoms with Gasteiger partial charge < -0.3 is 10.4 Å². The maximum Gasteiger partial charge on any atom is 0.323 e. The molecule has 1 rings (SSSR count). The van der Waals surface area contributed by atoms with Crippen LogP contribution >= 0.6 is 15.9 Å². The molecule has 1 amide bonds. The standard InChI is InChI=1S/C14H19BrN2O3/c1-9(10-4-6-11(15)7-5-10)17-12(18)8-16-14(2,3)13(19)20/h4-7,9,16H,8H2,1-3H3,(H,17,18)(H,19,20). The zero-order chi connectivity index (χ0) is 15.3. The number of carbonyl (C=O) groups excluding carboxylic acids is 1. The summed E-state index contributed by atoms with van der Waals surface area (Å²) in [5, 5.41) is 14.5. The van der Waals surface area contributed by atoms with Crippen LogP contribution in [0.1, 0.15) is 32.4 Å². The maximum absolute atomic E-state index is 11.8. The van der Waals surface area contributed by atoms with Crippen LogP contribution in [0.3, 0.4) is 0 Å². The molecule has 3 N–H and O–H groups in total.